The summed E-state index contributed by atoms with van der Waals surface area (Å²) in [5.74, 6) is -7.96. The van der Waals surface area contributed by atoms with Crippen molar-refractivity contribution < 1.29 is 59.0 Å². The maximum atomic E-state index is 14.2. The van der Waals surface area contributed by atoms with Crippen LogP contribution in [0.5, 0.6) is 23.0 Å². The first-order valence-electron chi connectivity index (χ1n) is 8.37. The molecular weight excluding hydrogens is 405 g/mol. The lowest BCUT2D eigenvalue weighted by Gasteiger charge is -2.16. The van der Waals surface area contributed by atoms with Gasteiger partial charge in [0, 0.05) is 6.07 Å². The highest BCUT2D eigenvalue weighted by Crippen LogP contribution is 2.40. The summed E-state index contributed by atoms with van der Waals surface area (Å²) in [6.07, 6.45) is -10.4. The molecule has 0 amide bonds. The molecule has 0 aliphatic carbocycles. The zero-order chi connectivity index (χ0) is 23.8. The minimum atomic E-state index is -5.24. The van der Waals surface area contributed by atoms with Crippen molar-refractivity contribution in [3.63, 3.8) is 0 Å². The molecule has 28 heavy (non-hydrogen) atoms. The number of carboxylic acids is 1. The minimum Gasteiger partial charge on any atom is -0.493 e. The van der Waals surface area contributed by atoms with Gasteiger partial charge in [-0.2, -0.15) is 13.2 Å². The zero-order valence-electron chi connectivity index (χ0n) is 16.1. The van der Waals surface area contributed by atoms with Gasteiger partial charge in [0.2, 0.25) is 0 Å². The standard InChI is InChI=1S/C16H9F7O5/c1-26-11-6-7(28-16(21,22)23)2-4-9(11)27-10-5-3-8(15(18,19)20)13(17)12(10)14(24)25/h2-6H,1H3,(H,24,25)/i1D3. The number of ether oxygens (including phenoxy) is 3. The summed E-state index contributed by atoms with van der Waals surface area (Å²) in [5.41, 5.74) is -3.46. The SMILES string of the molecule is [2H]C([2H])([2H])Oc1cc(OC(F)(F)F)ccc1Oc1ccc(C(F)(F)F)c(F)c1C(=O)O. The fraction of sp³-hybridized carbons (Fsp3) is 0.188. The van der Waals surface area contributed by atoms with Crippen LogP contribution in [0.4, 0.5) is 30.7 Å². The van der Waals surface area contributed by atoms with Gasteiger partial charge in [0.1, 0.15) is 17.1 Å². The number of alkyl halides is 6. The van der Waals surface area contributed by atoms with Gasteiger partial charge in [-0.25, -0.2) is 9.18 Å². The van der Waals surface area contributed by atoms with Crippen molar-refractivity contribution in [2.45, 2.75) is 12.5 Å². The number of halogens is 7. The highest BCUT2D eigenvalue weighted by atomic mass is 19.4. The molecule has 0 unspecified atom stereocenters. The summed E-state index contributed by atoms with van der Waals surface area (Å²) in [6, 6.07) is 2.31. The van der Waals surface area contributed by atoms with E-state index in [9.17, 15) is 35.5 Å². The normalized spacial score (nSPS) is 13.9. The van der Waals surface area contributed by atoms with Crippen LogP contribution in [0.2, 0.25) is 0 Å². The Morgan fingerprint density at radius 1 is 1.04 bits per heavy atom. The number of benzene rings is 2. The van der Waals surface area contributed by atoms with E-state index in [1.54, 1.807) is 0 Å². The Balaban J connectivity index is 2.56. The largest absolute Gasteiger partial charge is 0.573 e. The summed E-state index contributed by atoms with van der Waals surface area (Å²) < 4.78 is 124. The molecule has 0 spiro atoms. The molecule has 0 fully saturated rings. The van der Waals surface area contributed by atoms with Gasteiger partial charge in [-0.15, -0.1) is 13.2 Å². The van der Waals surface area contributed by atoms with Crippen molar-refractivity contribution >= 4 is 5.97 Å². The third kappa shape index (κ3) is 4.75. The molecule has 0 aromatic heterocycles. The molecule has 5 nitrogen and oxygen atoms in total. The maximum absolute atomic E-state index is 14.2. The summed E-state index contributed by atoms with van der Waals surface area (Å²) in [6.45, 7) is 0. The average molecular weight is 417 g/mol. The Morgan fingerprint density at radius 2 is 1.68 bits per heavy atom. The molecule has 0 radical (unpaired) electrons. The van der Waals surface area contributed by atoms with Gasteiger partial charge in [-0.05, 0) is 24.3 Å². The molecule has 152 valence electrons. The molecule has 0 bridgehead atoms. The predicted octanol–water partition coefficient (Wildman–Crippen LogP) is 5.24. The third-order valence-electron chi connectivity index (χ3n) is 3.10. The second-order valence-corrected chi connectivity index (χ2v) is 4.96. The van der Waals surface area contributed by atoms with Gasteiger partial charge < -0.3 is 19.3 Å². The van der Waals surface area contributed by atoms with E-state index in [0.717, 1.165) is 0 Å². The van der Waals surface area contributed by atoms with Crippen LogP contribution in [0.15, 0.2) is 30.3 Å². The van der Waals surface area contributed by atoms with Crippen molar-refractivity contribution in [1.29, 1.82) is 0 Å². The lowest BCUT2D eigenvalue weighted by atomic mass is 10.1. The number of aromatic carboxylic acids is 1. The topological polar surface area (TPSA) is 65.0 Å². The summed E-state index contributed by atoms with van der Waals surface area (Å²) >= 11 is 0. The third-order valence-corrected chi connectivity index (χ3v) is 3.10. The van der Waals surface area contributed by atoms with E-state index >= 15 is 0 Å². The van der Waals surface area contributed by atoms with Crippen molar-refractivity contribution in [3.05, 3.63) is 47.3 Å². The van der Waals surface area contributed by atoms with E-state index < -0.39 is 65.5 Å². The number of methoxy groups -OCH3 is 1. The molecule has 0 atom stereocenters. The molecule has 2 rings (SSSR count). The Hall–Kier alpha value is -3.18. The van der Waals surface area contributed by atoms with Crippen LogP contribution < -0.4 is 14.2 Å². The molecular formula is C16H9F7O5. The Labute approximate surface area is 156 Å². The summed E-state index contributed by atoms with van der Waals surface area (Å²) in [7, 11) is -3.23. The van der Waals surface area contributed by atoms with E-state index in [-0.39, 0.29) is 6.07 Å². The highest BCUT2D eigenvalue weighted by Gasteiger charge is 2.37. The van der Waals surface area contributed by atoms with Crippen molar-refractivity contribution in [2.75, 3.05) is 7.04 Å². The quantitative estimate of drug-likeness (QED) is 0.674. The number of rotatable bonds is 5. The van der Waals surface area contributed by atoms with Crippen molar-refractivity contribution in [2.24, 2.45) is 0 Å². The van der Waals surface area contributed by atoms with Gasteiger partial charge >= 0.3 is 18.5 Å². The Morgan fingerprint density at radius 3 is 2.21 bits per heavy atom. The Bertz CT molecular complexity index is 987. The fourth-order valence-electron chi connectivity index (χ4n) is 2.03. The number of carboxylic acid groups (broad SMARTS) is 1. The molecule has 2 aromatic carbocycles. The highest BCUT2D eigenvalue weighted by molar-refractivity contribution is 5.91. The van der Waals surface area contributed by atoms with Crippen LogP contribution in [-0.2, 0) is 6.18 Å². The zero-order valence-corrected chi connectivity index (χ0v) is 13.1. The van der Waals surface area contributed by atoms with Gasteiger partial charge in [0.15, 0.2) is 17.3 Å². The lowest BCUT2D eigenvalue weighted by Crippen LogP contribution is -2.17. The van der Waals surface area contributed by atoms with Gasteiger partial charge in [0.05, 0.1) is 16.7 Å². The van der Waals surface area contributed by atoms with Crippen LogP contribution in [0, 0.1) is 5.82 Å². The fourth-order valence-corrected chi connectivity index (χ4v) is 2.03. The lowest BCUT2D eigenvalue weighted by molar-refractivity contribution is -0.274. The van der Waals surface area contributed by atoms with E-state index in [2.05, 4.69) is 9.47 Å². The van der Waals surface area contributed by atoms with Crippen LogP contribution in [0.25, 0.3) is 0 Å². The van der Waals surface area contributed by atoms with Crippen LogP contribution >= 0.6 is 0 Å². The second kappa shape index (κ2) is 7.44. The minimum absolute atomic E-state index is 0.169. The number of carbonyl (C=O) groups is 1. The predicted molar refractivity (Wildman–Crippen MR) is 78.1 cm³/mol. The van der Waals surface area contributed by atoms with Crippen molar-refractivity contribution in [1.82, 2.24) is 0 Å². The first-order valence-corrected chi connectivity index (χ1v) is 6.87. The summed E-state index contributed by atoms with van der Waals surface area (Å²) in [4.78, 5) is 11.3. The molecule has 1 N–H and O–H groups in total. The van der Waals surface area contributed by atoms with E-state index in [1.807, 2.05) is 0 Å². The van der Waals surface area contributed by atoms with Gasteiger partial charge in [-0.3, -0.25) is 0 Å². The molecule has 0 aliphatic heterocycles. The van der Waals surface area contributed by atoms with Crippen molar-refractivity contribution in [3.8, 4) is 23.0 Å². The van der Waals surface area contributed by atoms with Crippen LogP contribution in [0.3, 0.4) is 0 Å². The average Bonchev–Trinajstić information content (AvgIpc) is 2.52. The summed E-state index contributed by atoms with van der Waals surface area (Å²) in [5, 5.41) is 9.09. The van der Waals surface area contributed by atoms with Gasteiger partial charge in [-0.1, -0.05) is 0 Å². The van der Waals surface area contributed by atoms with Crippen LogP contribution in [-0.4, -0.2) is 24.5 Å². The second-order valence-electron chi connectivity index (χ2n) is 4.96. The molecule has 0 saturated carbocycles. The molecule has 12 heteroatoms. The first-order chi connectivity index (χ1) is 14.0. The Kier molecular flexibility index (Phi) is 4.51. The van der Waals surface area contributed by atoms with Gasteiger partial charge in [0.25, 0.3) is 0 Å². The maximum Gasteiger partial charge on any atom is 0.573 e. The van der Waals surface area contributed by atoms with E-state index in [1.165, 1.54) is 0 Å². The molecule has 0 aliphatic rings. The van der Waals surface area contributed by atoms with E-state index in [4.69, 9.17) is 14.0 Å². The monoisotopic (exact) mass is 417 g/mol. The number of hydrogen-bond acceptors (Lipinski definition) is 4. The number of hydrogen-bond donors (Lipinski definition) is 1. The van der Waals surface area contributed by atoms with E-state index in [0.29, 0.717) is 24.3 Å². The first kappa shape index (κ1) is 17.0. The smallest absolute Gasteiger partial charge is 0.493 e. The molecule has 0 saturated heterocycles. The van der Waals surface area contributed by atoms with Crippen LogP contribution in [0.1, 0.15) is 20.0 Å². The molecule has 2 aromatic rings. The molecule has 0 heterocycles.